The summed E-state index contributed by atoms with van der Waals surface area (Å²) in [5.74, 6) is -1.28. The number of nitrogens with zero attached hydrogens (tertiary/aromatic N) is 2. The number of methoxy groups -OCH3 is 1. The maximum absolute atomic E-state index is 13.0. The normalized spacial score (nSPS) is 15.6. The van der Waals surface area contributed by atoms with Gasteiger partial charge in [0.2, 0.25) is 11.8 Å². The fourth-order valence-corrected chi connectivity index (χ4v) is 3.25. The second kappa shape index (κ2) is 7.26. The highest BCUT2D eigenvalue weighted by Gasteiger charge is 2.39. The van der Waals surface area contributed by atoms with Crippen LogP contribution in [0, 0.1) is 0 Å². The van der Waals surface area contributed by atoms with E-state index in [1.165, 1.54) is 25.8 Å². The highest BCUT2D eigenvalue weighted by Crippen LogP contribution is 2.40. The van der Waals surface area contributed by atoms with Crippen molar-refractivity contribution in [1.82, 2.24) is 9.13 Å². The summed E-state index contributed by atoms with van der Waals surface area (Å²) in [6.07, 6.45) is 0. The Morgan fingerprint density at radius 1 is 1.25 bits per heavy atom. The van der Waals surface area contributed by atoms with Gasteiger partial charge in [-0.25, -0.2) is 9.59 Å². The van der Waals surface area contributed by atoms with E-state index in [9.17, 15) is 14.4 Å². The molecule has 2 N–H and O–H groups in total. The van der Waals surface area contributed by atoms with Crippen molar-refractivity contribution in [3.05, 3.63) is 67.7 Å². The Morgan fingerprint density at radius 3 is 2.61 bits per heavy atom. The molecule has 0 amide bonds. The van der Waals surface area contributed by atoms with Gasteiger partial charge in [-0.3, -0.25) is 13.9 Å². The molecule has 0 aliphatic carbocycles. The van der Waals surface area contributed by atoms with E-state index >= 15 is 0 Å². The number of aromatic nitrogens is 2. The summed E-state index contributed by atoms with van der Waals surface area (Å²) in [4.78, 5) is 37.9. The first kappa shape index (κ1) is 19.3. The summed E-state index contributed by atoms with van der Waals surface area (Å²) in [5, 5.41) is 0. The number of nitrogens with two attached hydrogens (primary N) is 1. The molecule has 0 unspecified atom stereocenters. The summed E-state index contributed by atoms with van der Waals surface area (Å²) in [5.41, 5.74) is 5.57. The minimum absolute atomic E-state index is 0.00153. The van der Waals surface area contributed by atoms with Crippen LogP contribution in [0.4, 0.5) is 0 Å². The molecule has 0 fully saturated rings. The van der Waals surface area contributed by atoms with Crippen molar-refractivity contribution in [2.45, 2.75) is 12.8 Å². The molecule has 2 aromatic rings. The Bertz CT molecular complexity index is 1100. The van der Waals surface area contributed by atoms with Gasteiger partial charge in [-0.05, 0) is 24.6 Å². The van der Waals surface area contributed by atoms with Gasteiger partial charge in [0.15, 0.2) is 0 Å². The molecule has 0 radical (unpaired) electrons. The second-order valence-electron chi connectivity index (χ2n) is 6.23. The van der Waals surface area contributed by atoms with Crippen LogP contribution in [0.25, 0.3) is 0 Å². The van der Waals surface area contributed by atoms with E-state index in [2.05, 4.69) is 0 Å². The molecule has 9 nitrogen and oxygen atoms in total. The molecule has 3 rings (SSSR count). The number of fused-ring (bicyclic) bond motifs is 1. The first-order valence-electron chi connectivity index (χ1n) is 8.60. The van der Waals surface area contributed by atoms with Crippen molar-refractivity contribution in [3.63, 3.8) is 0 Å². The van der Waals surface area contributed by atoms with Crippen molar-refractivity contribution in [2.24, 2.45) is 19.8 Å². The lowest BCUT2D eigenvalue weighted by atomic mass is 9.84. The summed E-state index contributed by atoms with van der Waals surface area (Å²) >= 11 is 0. The first-order valence-corrected chi connectivity index (χ1v) is 8.60. The minimum atomic E-state index is -0.886. The molecule has 28 heavy (non-hydrogen) atoms. The predicted molar refractivity (Wildman–Crippen MR) is 100 cm³/mol. The van der Waals surface area contributed by atoms with Crippen LogP contribution in [0.5, 0.6) is 11.6 Å². The molecular weight excluding hydrogens is 366 g/mol. The van der Waals surface area contributed by atoms with E-state index in [0.717, 1.165) is 4.57 Å². The zero-order chi connectivity index (χ0) is 20.6. The molecular formula is C19H21N3O6. The largest absolute Gasteiger partial charge is 0.497 e. The molecule has 2 heterocycles. The number of benzene rings is 1. The zero-order valence-electron chi connectivity index (χ0n) is 16.0. The highest BCUT2D eigenvalue weighted by molar-refractivity contribution is 5.92. The van der Waals surface area contributed by atoms with Gasteiger partial charge in [0.1, 0.15) is 11.3 Å². The van der Waals surface area contributed by atoms with E-state index in [-0.39, 0.29) is 29.5 Å². The SMILES string of the molecule is CCOC(=O)C1=C(N)Oc2c(c(=O)n(C)c(=O)n2C)[C@@H]1c1cccc(OC)c1. The fourth-order valence-electron chi connectivity index (χ4n) is 3.25. The summed E-state index contributed by atoms with van der Waals surface area (Å²) in [6.45, 7) is 1.79. The summed E-state index contributed by atoms with van der Waals surface area (Å²) in [7, 11) is 4.33. The van der Waals surface area contributed by atoms with E-state index in [0.29, 0.717) is 11.3 Å². The third-order valence-electron chi connectivity index (χ3n) is 4.62. The Balaban J connectivity index is 2.38. The van der Waals surface area contributed by atoms with Gasteiger partial charge in [0.05, 0.1) is 25.2 Å². The number of hydrogen-bond donors (Lipinski definition) is 1. The van der Waals surface area contributed by atoms with Crippen LogP contribution in [0.1, 0.15) is 24.0 Å². The van der Waals surface area contributed by atoms with Crippen molar-refractivity contribution in [1.29, 1.82) is 0 Å². The molecule has 1 aliphatic rings. The van der Waals surface area contributed by atoms with Gasteiger partial charge < -0.3 is 19.9 Å². The number of carbonyl (C=O) groups excluding carboxylic acids is 1. The lowest BCUT2D eigenvalue weighted by Crippen LogP contribution is -2.43. The van der Waals surface area contributed by atoms with Crippen molar-refractivity contribution in [3.8, 4) is 11.6 Å². The van der Waals surface area contributed by atoms with Gasteiger partial charge in [0, 0.05) is 14.1 Å². The average molecular weight is 387 g/mol. The Labute approximate surface area is 160 Å². The van der Waals surface area contributed by atoms with Crippen LogP contribution in [-0.4, -0.2) is 28.8 Å². The lowest BCUT2D eigenvalue weighted by Gasteiger charge is -2.29. The van der Waals surface area contributed by atoms with E-state index in [4.69, 9.17) is 19.9 Å². The molecule has 1 atom stereocenters. The molecule has 1 aromatic carbocycles. The van der Waals surface area contributed by atoms with Gasteiger partial charge in [-0.1, -0.05) is 12.1 Å². The van der Waals surface area contributed by atoms with Crippen LogP contribution in [0.15, 0.2) is 45.3 Å². The van der Waals surface area contributed by atoms with Crippen LogP contribution in [0.3, 0.4) is 0 Å². The fraction of sp³-hybridized carbons (Fsp3) is 0.316. The third-order valence-corrected chi connectivity index (χ3v) is 4.62. The number of rotatable bonds is 4. The van der Waals surface area contributed by atoms with E-state index in [1.54, 1.807) is 31.2 Å². The minimum Gasteiger partial charge on any atom is -0.497 e. The molecule has 0 saturated heterocycles. The molecule has 1 aliphatic heterocycles. The summed E-state index contributed by atoms with van der Waals surface area (Å²) < 4.78 is 18.1. The Morgan fingerprint density at radius 2 is 1.96 bits per heavy atom. The smallest absolute Gasteiger partial charge is 0.340 e. The van der Waals surface area contributed by atoms with Gasteiger partial charge in [0.25, 0.3) is 5.56 Å². The quantitative estimate of drug-likeness (QED) is 0.753. The van der Waals surface area contributed by atoms with Gasteiger partial charge in [-0.15, -0.1) is 0 Å². The topological polar surface area (TPSA) is 115 Å². The molecule has 0 bridgehead atoms. The maximum atomic E-state index is 13.0. The monoisotopic (exact) mass is 387 g/mol. The maximum Gasteiger partial charge on any atom is 0.340 e. The van der Waals surface area contributed by atoms with E-state index in [1.807, 2.05) is 0 Å². The van der Waals surface area contributed by atoms with Gasteiger partial charge in [-0.2, -0.15) is 0 Å². The second-order valence-corrected chi connectivity index (χ2v) is 6.23. The van der Waals surface area contributed by atoms with Crippen LogP contribution < -0.4 is 26.5 Å². The predicted octanol–water partition coefficient (Wildman–Crippen LogP) is 0.350. The first-order chi connectivity index (χ1) is 13.3. The van der Waals surface area contributed by atoms with Crippen LogP contribution >= 0.6 is 0 Å². The standard InChI is InChI=1S/C19H21N3O6/c1-5-27-18(24)13-12(10-7-6-8-11(9-10)26-4)14-16(23)21(2)19(25)22(3)17(14)28-15(13)20/h6-9,12H,5,20H2,1-4H3/t12-/m1/s1. The van der Waals surface area contributed by atoms with Crippen LogP contribution in [-0.2, 0) is 23.6 Å². The van der Waals surface area contributed by atoms with Crippen molar-refractivity contribution in [2.75, 3.05) is 13.7 Å². The van der Waals surface area contributed by atoms with Gasteiger partial charge >= 0.3 is 11.7 Å². The Kier molecular flexibility index (Phi) is 5.00. The number of ether oxygens (including phenoxy) is 3. The number of carbonyl (C=O) groups is 1. The lowest BCUT2D eigenvalue weighted by molar-refractivity contribution is -0.139. The molecule has 9 heteroatoms. The molecule has 0 saturated carbocycles. The highest BCUT2D eigenvalue weighted by atomic mass is 16.5. The van der Waals surface area contributed by atoms with Crippen molar-refractivity contribution < 1.29 is 19.0 Å². The average Bonchev–Trinajstić information content (AvgIpc) is 2.69. The third kappa shape index (κ3) is 2.94. The molecule has 1 aromatic heterocycles. The molecule has 0 spiro atoms. The number of hydrogen-bond acceptors (Lipinski definition) is 7. The summed E-state index contributed by atoms with van der Waals surface area (Å²) in [6, 6.07) is 6.89. The van der Waals surface area contributed by atoms with E-state index < -0.39 is 23.1 Å². The van der Waals surface area contributed by atoms with Crippen LogP contribution in [0.2, 0.25) is 0 Å². The molecule has 148 valence electrons. The zero-order valence-corrected chi connectivity index (χ0v) is 16.0. The van der Waals surface area contributed by atoms with Crippen molar-refractivity contribution >= 4 is 5.97 Å². The number of esters is 1. The Hall–Kier alpha value is -3.49.